The first-order valence-electron chi connectivity index (χ1n) is 6.62. The molecule has 0 radical (unpaired) electrons. The Labute approximate surface area is 148 Å². The van der Waals surface area contributed by atoms with Crippen LogP contribution in [0.2, 0.25) is 0 Å². The van der Waals surface area contributed by atoms with Crippen molar-refractivity contribution in [2.75, 3.05) is 0 Å². The molecule has 0 aliphatic rings. The van der Waals surface area contributed by atoms with E-state index in [1.54, 1.807) is 0 Å². The summed E-state index contributed by atoms with van der Waals surface area (Å²) in [6, 6.07) is 0. The fraction of sp³-hybridized carbons (Fsp3) is 1.00. The first-order valence-corrected chi connectivity index (χ1v) is 6.62. The van der Waals surface area contributed by atoms with E-state index in [-0.39, 0.29) is 6.92 Å². The minimum absolute atomic E-state index is 0.248. The van der Waals surface area contributed by atoms with Crippen molar-refractivity contribution in [2.24, 2.45) is 0 Å². The van der Waals surface area contributed by atoms with Crippen molar-refractivity contribution >= 4 is 0 Å². The zero-order valence-corrected chi connectivity index (χ0v) is 13.2. The van der Waals surface area contributed by atoms with Gasteiger partial charge in [-0.25, -0.2) is 4.39 Å². The number of hydrogen-bond acceptors (Lipinski definition) is 1. The van der Waals surface area contributed by atoms with Crippen LogP contribution >= 0.6 is 0 Å². The van der Waals surface area contributed by atoms with Crippen LogP contribution in [0.4, 0.5) is 74.6 Å². The molecule has 0 saturated carbocycles. The van der Waals surface area contributed by atoms with Crippen molar-refractivity contribution in [3.63, 3.8) is 0 Å². The molecule has 0 aliphatic heterocycles. The Morgan fingerprint density at radius 3 is 1.00 bits per heavy atom. The minimum atomic E-state index is -8.61. The summed E-state index contributed by atoms with van der Waals surface area (Å²) in [6.07, 6.45) is -13.6. The Bertz CT molecular complexity index is 589. The smallest absolute Gasteiger partial charge is 0.331 e. The molecule has 0 amide bonds. The highest BCUT2D eigenvalue weighted by Crippen LogP contribution is 2.64. The third-order valence-corrected chi connectivity index (χ3v) is 3.52. The average Bonchev–Trinajstić information content (AvgIpc) is 2.51. The predicted octanol–water partition coefficient (Wildman–Crippen LogP) is 5.77. The van der Waals surface area contributed by atoms with Crippen LogP contribution in [0.25, 0.3) is 0 Å². The van der Waals surface area contributed by atoms with Gasteiger partial charge in [-0.2, -0.15) is 70.2 Å². The van der Waals surface area contributed by atoms with E-state index in [1.165, 1.54) is 0 Å². The molecular weight excluding hydrogens is 471 g/mol. The van der Waals surface area contributed by atoms with Crippen molar-refractivity contribution < 1.29 is 79.7 Å². The third kappa shape index (κ3) is 3.37. The van der Waals surface area contributed by atoms with Gasteiger partial charge in [0.1, 0.15) is 0 Å². The predicted molar refractivity (Wildman–Crippen MR) is 57.0 cm³/mol. The molecule has 1 N–H and O–H groups in total. The molecule has 0 saturated heterocycles. The lowest BCUT2D eigenvalue weighted by molar-refractivity contribution is -0.470. The molecule has 0 aromatic heterocycles. The molecule has 0 aliphatic carbocycles. The van der Waals surface area contributed by atoms with Crippen molar-refractivity contribution in [1.29, 1.82) is 0 Å². The first kappa shape index (κ1) is 27.8. The fourth-order valence-electron chi connectivity index (χ4n) is 1.64. The highest BCUT2D eigenvalue weighted by Gasteiger charge is 2.95. The van der Waals surface area contributed by atoms with E-state index in [4.69, 9.17) is 5.11 Å². The number of halogens is 17. The van der Waals surface area contributed by atoms with Crippen LogP contribution < -0.4 is 0 Å². The summed E-state index contributed by atoms with van der Waals surface area (Å²) in [4.78, 5) is 0. The van der Waals surface area contributed by atoms with Gasteiger partial charge in [-0.15, -0.1) is 0 Å². The van der Waals surface area contributed by atoms with Gasteiger partial charge in [-0.1, -0.05) is 6.92 Å². The lowest BCUT2D eigenvalue weighted by Crippen LogP contribution is -2.75. The van der Waals surface area contributed by atoms with Crippen LogP contribution in [-0.2, 0) is 0 Å². The van der Waals surface area contributed by atoms with Gasteiger partial charge in [-0.05, 0) is 6.42 Å². The van der Waals surface area contributed by atoms with Crippen LogP contribution in [-0.4, -0.2) is 58.8 Å². The first-order chi connectivity index (χ1) is 12.2. The molecule has 0 fully saturated rings. The lowest BCUT2D eigenvalue weighted by atomic mass is 9.87. The van der Waals surface area contributed by atoms with E-state index in [9.17, 15) is 74.6 Å². The molecule has 0 heterocycles. The maximum Gasteiger partial charge on any atom is 0.423 e. The zero-order chi connectivity index (χ0) is 24.3. The molecule has 18 heteroatoms. The normalized spacial score (nSPS) is 17.5. The van der Waals surface area contributed by atoms with Crippen LogP contribution in [0.5, 0.6) is 0 Å². The summed E-state index contributed by atoms with van der Waals surface area (Å²) in [6.45, 7) is 0.248. The van der Waals surface area contributed by atoms with E-state index < -0.39 is 60.2 Å². The van der Waals surface area contributed by atoms with E-state index in [0.29, 0.717) is 0 Å². The second-order valence-electron chi connectivity index (χ2n) is 5.49. The summed E-state index contributed by atoms with van der Waals surface area (Å²) in [7, 11) is 0. The van der Waals surface area contributed by atoms with E-state index in [1.807, 2.05) is 0 Å². The SMILES string of the molecule is CCC(F)C(F)(F)C(F)(F)C(F)(F)C(F)(F)C(F)(F)C(F)(F)C(F)(F)C(O)(F)F. The molecule has 0 spiro atoms. The van der Waals surface area contributed by atoms with Crippen LogP contribution in [0, 0.1) is 0 Å². The molecule has 1 nitrogen and oxygen atoms in total. The molecule has 0 rings (SSSR count). The molecule has 0 bridgehead atoms. The molecule has 29 heavy (non-hydrogen) atoms. The topological polar surface area (TPSA) is 20.2 Å². The van der Waals surface area contributed by atoms with Gasteiger partial charge in [0.25, 0.3) is 0 Å². The van der Waals surface area contributed by atoms with Gasteiger partial charge < -0.3 is 5.11 Å². The van der Waals surface area contributed by atoms with Crippen LogP contribution in [0.1, 0.15) is 13.3 Å². The average molecular weight is 478 g/mol. The van der Waals surface area contributed by atoms with Gasteiger partial charge in [0, 0.05) is 0 Å². The Morgan fingerprint density at radius 1 is 0.517 bits per heavy atom. The quantitative estimate of drug-likeness (QED) is 0.418. The highest BCUT2D eigenvalue weighted by molar-refractivity contribution is 5.15. The summed E-state index contributed by atoms with van der Waals surface area (Å²) >= 11 is 0. The van der Waals surface area contributed by atoms with E-state index >= 15 is 0 Å². The summed E-state index contributed by atoms with van der Waals surface area (Å²) < 4.78 is 220. The van der Waals surface area contributed by atoms with Crippen molar-refractivity contribution in [3.05, 3.63) is 0 Å². The minimum Gasteiger partial charge on any atom is -0.331 e. The van der Waals surface area contributed by atoms with Gasteiger partial charge in [0.2, 0.25) is 0 Å². The maximum absolute atomic E-state index is 13.2. The van der Waals surface area contributed by atoms with Gasteiger partial charge in [0.15, 0.2) is 6.17 Å². The Morgan fingerprint density at radius 2 is 0.759 bits per heavy atom. The molecular formula is C11H7F17O. The molecule has 0 aromatic rings. The monoisotopic (exact) mass is 478 g/mol. The Kier molecular flexibility index (Phi) is 6.60. The van der Waals surface area contributed by atoms with Crippen molar-refractivity contribution in [1.82, 2.24) is 0 Å². The maximum atomic E-state index is 13.2. The second kappa shape index (κ2) is 6.90. The largest absolute Gasteiger partial charge is 0.423 e. The number of alkyl halides is 17. The standard InChI is InChI=1S/C11H7F17O/c1-2-3(12)4(13,14)5(15,16)6(17,18)7(19,20)8(21,22)9(23,24)10(25,26)11(27,28)29/h3,29H,2H2,1H3. The molecule has 0 aromatic carbocycles. The van der Waals surface area contributed by atoms with Gasteiger partial charge in [-0.3, -0.25) is 0 Å². The number of aliphatic hydroxyl groups is 1. The summed E-state index contributed by atoms with van der Waals surface area (Å²) in [5, 5.41) is 7.46. The van der Waals surface area contributed by atoms with Crippen LogP contribution in [0.3, 0.4) is 0 Å². The van der Waals surface area contributed by atoms with Crippen molar-refractivity contribution in [2.45, 2.75) is 67.1 Å². The second-order valence-corrected chi connectivity index (χ2v) is 5.49. The fourth-order valence-corrected chi connectivity index (χ4v) is 1.64. The van der Waals surface area contributed by atoms with Crippen LogP contribution in [0.15, 0.2) is 0 Å². The summed E-state index contributed by atoms with van der Waals surface area (Å²) in [5.74, 6) is -56.9. The number of hydrogen-bond donors (Lipinski definition) is 1. The van der Waals surface area contributed by atoms with Gasteiger partial charge in [0.05, 0.1) is 0 Å². The molecule has 1 atom stereocenters. The molecule has 176 valence electrons. The third-order valence-electron chi connectivity index (χ3n) is 3.52. The Hall–Kier alpha value is -1.23. The summed E-state index contributed by atoms with van der Waals surface area (Å²) in [5.41, 5.74) is 0. The Balaban J connectivity index is 6.73. The zero-order valence-electron chi connectivity index (χ0n) is 13.2. The molecule has 1 unspecified atom stereocenters. The van der Waals surface area contributed by atoms with Gasteiger partial charge >= 0.3 is 47.6 Å². The van der Waals surface area contributed by atoms with Crippen molar-refractivity contribution in [3.8, 4) is 0 Å². The lowest BCUT2D eigenvalue weighted by Gasteiger charge is -2.43. The highest BCUT2D eigenvalue weighted by atomic mass is 19.4. The number of rotatable bonds is 9. The van der Waals surface area contributed by atoms with E-state index in [0.717, 1.165) is 0 Å². The van der Waals surface area contributed by atoms with E-state index in [2.05, 4.69) is 0 Å².